The summed E-state index contributed by atoms with van der Waals surface area (Å²) >= 11 is 0. The largest absolute Gasteiger partial charge is 0.459 e. The van der Waals surface area contributed by atoms with Crippen LogP contribution in [0.5, 0.6) is 0 Å². The molecule has 2 aromatic rings. The summed E-state index contributed by atoms with van der Waals surface area (Å²) in [5.41, 5.74) is 1.01. The molecular weight excluding hydrogens is 256 g/mol. The zero-order chi connectivity index (χ0) is 14.4. The Balaban J connectivity index is 1.82. The molecule has 20 heavy (non-hydrogen) atoms. The number of furan rings is 1. The fraction of sp³-hybridized carbons (Fsp3) is 0.200. The summed E-state index contributed by atoms with van der Waals surface area (Å²) in [5.74, 6) is -0.459. The first-order valence-electron chi connectivity index (χ1n) is 6.33. The zero-order valence-electron chi connectivity index (χ0n) is 11.1. The van der Waals surface area contributed by atoms with E-state index in [1.807, 2.05) is 30.3 Å². The zero-order valence-corrected chi connectivity index (χ0v) is 11.1. The van der Waals surface area contributed by atoms with Gasteiger partial charge in [-0.3, -0.25) is 9.59 Å². The first-order valence-corrected chi connectivity index (χ1v) is 6.33. The van der Waals surface area contributed by atoms with Crippen molar-refractivity contribution in [1.29, 1.82) is 0 Å². The number of hydrogen-bond acceptors (Lipinski definition) is 3. The third-order valence-corrected chi connectivity index (χ3v) is 2.80. The summed E-state index contributed by atoms with van der Waals surface area (Å²) in [4.78, 5) is 23.6. The van der Waals surface area contributed by atoms with E-state index in [0.717, 1.165) is 5.56 Å². The Morgan fingerprint density at radius 1 is 1.15 bits per heavy atom. The number of carbonyl (C=O) groups excluding carboxylic acids is 2. The van der Waals surface area contributed by atoms with E-state index < -0.39 is 11.9 Å². The van der Waals surface area contributed by atoms with Gasteiger partial charge >= 0.3 is 0 Å². The van der Waals surface area contributed by atoms with Crippen LogP contribution in [0.3, 0.4) is 0 Å². The third-order valence-electron chi connectivity index (χ3n) is 2.80. The highest BCUT2D eigenvalue weighted by Gasteiger charge is 2.17. The molecule has 0 spiro atoms. The molecule has 1 atom stereocenters. The standard InChI is InChI=1S/C15H16N2O3/c1-11(17-15(19)13-8-5-9-20-13)14(18)16-10-12-6-3-2-4-7-12/h2-9,11H,10H2,1H3,(H,16,18)(H,17,19)/t11-/m1/s1. The van der Waals surface area contributed by atoms with E-state index in [4.69, 9.17) is 4.42 Å². The van der Waals surface area contributed by atoms with Crippen LogP contribution in [0.2, 0.25) is 0 Å². The van der Waals surface area contributed by atoms with Crippen LogP contribution in [-0.2, 0) is 11.3 Å². The minimum atomic E-state index is -0.628. The Kier molecular flexibility index (Phi) is 4.55. The summed E-state index contributed by atoms with van der Waals surface area (Å²) in [5, 5.41) is 5.34. The quantitative estimate of drug-likeness (QED) is 0.870. The van der Waals surface area contributed by atoms with Gasteiger partial charge in [0.2, 0.25) is 5.91 Å². The van der Waals surface area contributed by atoms with Gasteiger partial charge in [0, 0.05) is 6.54 Å². The summed E-state index contributed by atoms with van der Waals surface area (Å²) in [6.07, 6.45) is 1.41. The summed E-state index contributed by atoms with van der Waals surface area (Å²) in [6, 6.07) is 12.1. The van der Waals surface area contributed by atoms with Gasteiger partial charge < -0.3 is 15.1 Å². The molecule has 0 aliphatic heterocycles. The monoisotopic (exact) mass is 272 g/mol. The van der Waals surface area contributed by atoms with Crippen LogP contribution in [0.4, 0.5) is 0 Å². The molecule has 0 radical (unpaired) electrons. The first kappa shape index (κ1) is 13.9. The van der Waals surface area contributed by atoms with Crippen LogP contribution in [0.15, 0.2) is 53.1 Å². The normalized spacial score (nSPS) is 11.7. The smallest absolute Gasteiger partial charge is 0.287 e. The molecule has 2 N–H and O–H groups in total. The van der Waals surface area contributed by atoms with Gasteiger partial charge in [-0.05, 0) is 24.6 Å². The van der Waals surface area contributed by atoms with E-state index in [-0.39, 0.29) is 11.7 Å². The number of hydrogen-bond donors (Lipinski definition) is 2. The highest BCUT2D eigenvalue weighted by molar-refractivity contribution is 5.95. The Morgan fingerprint density at radius 2 is 1.90 bits per heavy atom. The van der Waals surface area contributed by atoms with Crippen molar-refractivity contribution in [2.24, 2.45) is 0 Å². The molecule has 0 aliphatic carbocycles. The van der Waals surface area contributed by atoms with Gasteiger partial charge in [0.05, 0.1) is 6.26 Å². The summed E-state index contributed by atoms with van der Waals surface area (Å²) in [7, 11) is 0. The Bertz CT molecular complexity index is 564. The summed E-state index contributed by atoms with van der Waals surface area (Å²) in [6.45, 7) is 2.06. The SMILES string of the molecule is C[C@@H](NC(=O)c1ccco1)C(=O)NCc1ccccc1. The molecule has 0 fully saturated rings. The Labute approximate surface area is 117 Å². The van der Waals surface area contributed by atoms with Crippen molar-refractivity contribution in [1.82, 2.24) is 10.6 Å². The van der Waals surface area contributed by atoms with Crippen molar-refractivity contribution in [3.05, 3.63) is 60.1 Å². The molecule has 0 saturated carbocycles. The van der Waals surface area contributed by atoms with Crippen LogP contribution in [0.1, 0.15) is 23.0 Å². The number of rotatable bonds is 5. The molecule has 2 amide bonds. The number of amides is 2. The molecular formula is C15H16N2O3. The minimum absolute atomic E-state index is 0.188. The molecule has 104 valence electrons. The molecule has 0 bridgehead atoms. The molecule has 0 unspecified atom stereocenters. The van der Waals surface area contributed by atoms with Crippen LogP contribution in [0, 0.1) is 0 Å². The fourth-order valence-electron chi connectivity index (χ4n) is 1.68. The Morgan fingerprint density at radius 3 is 2.55 bits per heavy atom. The number of benzene rings is 1. The van der Waals surface area contributed by atoms with Gasteiger partial charge in [-0.1, -0.05) is 30.3 Å². The molecule has 5 nitrogen and oxygen atoms in total. The maximum atomic E-state index is 11.9. The lowest BCUT2D eigenvalue weighted by Crippen LogP contribution is -2.44. The van der Waals surface area contributed by atoms with Crippen LogP contribution in [0.25, 0.3) is 0 Å². The van der Waals surface area contributed by atoms with Crippen molar-refractivity contribution in [2.45, 2.75) is 19.5 Å². The molecule has 2 rings (SSSR count). The van der Waals surface area contributed by atoms with E-state index >= 15 is 0 Å². The fourth-order valence-corrected chi connectivity index (χ4v) is 1.68. The number of nitrogens with one attached hydrogen (secondary N) is 2. The number of carbonyl (C=O) groups is 2. The van der Waals surface area contributed by atoms with E-state index in [1.54, 1.807) is 19.1 Å². The maximum absolute atomic E-state index is 11.9. The van der Waals surface area contributed by atoms with Crippen molar-refractivity contribution >= 4 is 11.8 Å². The third kappa shape index (κ3) is 3.71. The second-order valence-electron chi connectivity index (χ2n) is 4.38. The van der Waals surface area contributed by atoms with Crippen LogP contribution in [-0.4, -0.2) is 17.9 Å². The maximum Gasteiger partial charge on any atom is 0.287 e. The molecule has 0 saturated heterocycles. The van der Waals surface area contributed by atoms with Gasteiger partial charge in [-0.15, -0.1) is 0 Å². The molecule has 1 aromatic heterocycles. The van der Waals surface area contributed by atoms with Gasteiger partial charge in [-0.2, -0.15) is 0 Å². The van der Waals surface area contributed by atoms with Gasteiger partial charge in [0.1, 0.15) is 6.04 Å². The second kappa shape index (κ2) is 6.56. The van der Waals surface area contributed by atoms with E-state index in [1.165, 1.54) is 6.26 Å². The molecule has 1 aromatic carbocycles. The lowest BCUT2D eigenvalue weighted by Gasteiger charge is -2.13. The van der Waals surface area contributed by atoms with Crippen LogP contribution < -0.4 is 10.6 Å². The first-order chi connectivity index (χ1) is 9.66. The van der Waals surface area contributed by atoms with Crippen molar-refractivity contribution in [2.75, 3.05) is 0 Å². The predicted octanol–water partition coefficient (Wildman–Crippen LogP) is 1.71. The Hall–Kier alpha value is -2.56. The van der Waals surface area contributed by atoms with Gasteiger partial charge in [0.25, 0.3) is 5.91 Å². The second-order valence-corrected chi connectivity index (χ2v) is 4.38. The van der Waals surface area contributed by atoms with Crippen molar-refractivity contribution in [3.63, 3.8) is 0 Å². The van der Waals surface area contributed by atoms with E-state index in [2.05, 4.69) is 10.6 Å². The minimum Gasteiger partial charge on any atom is -0.459 e. The predicted molar refractivity (Wildman–Crippen MR) is 73.9 cm³/mol. The van der Waals surface area contributed by atoms with E-state index in [9.17, 15) is 9.59 Å². The molecule has 0 aliphatic rings. The van der Waals surface area contributed by atoms with Crippen molar-refractivity contribution in [3.8, 4) is 0 Å². The van der Waals surface area contributed by atoms with Gasteiger partial charge in [-0.25, -0.2) is 0 Å². The molecule has 1 heterocycles. The highest BCUT2D eigenvalue weighted by Crippen LogP contribution is 2.01. The highest BCUT2D eigenvalue weighted by atomic mass is 16.3. The van der Waals surface area contributed by atoms with Gasteiger partial charge in [0.15, 0.2) is 5.76 Å². The average Bonchev–Trinajstić information content (AvgIpc) is 3.00. The molecule has 5 heteroatoms. The van der Waals surface area contributed by atoms with Crippen LogP contribution >= 0.6 is 0 Å². The summed E-state index contributed by atoms with van der Waals surface area (Å²) < 4.78 is 4.96. The average molecular weight is 272 g/mol. The van der Waals surface area contributed by atoms with E-state index in [0.29, 0.717) is 6.54 Å². The lowest BCUT2D eigenvalue weighted by molar-refractivity contribution is -0.122. The van der Waals surface area contributed by atoms with Crippen molar-refractivity contribution < 1.29 is 14.0 Å². The topological polar surface area (TPSA) is 71.3 Å². The lowest BCUT2D eigenvalue weighted by atomic mass is 10.2.